The normalized spacial score (nSPS) is 26.4. The van der Waals surface area contributed by atoms with Crippen LogP contribution in [-0.4, -0.2) is 18.2 Å². The van der Waals surface area contributed by atoms with Gasteiger partial charge in [-0.3, -0.25) is 4.79 Å². The third kappa shape index (κ3) is 2.94. The molecule has 1 aromatic carbocycles. The monoisotopic (exact) mass is 326 g/mol. The molecule has 0 aromatic heterocycles. The van der Waals surface area contributed by atoms with Gasteiger partial charge in [0.05, 0.1) is 12.5 Å². The number of benzene rings is 1. The fourth-order valence-electron chi connectivity index (χ4n) is 3.00. The van der Waals surface area contributed by atoms with Crippen molar-refractivity contribution in [1.29, 1.82) is 0 Å². The van der Waals surface area contributed by atoms with Gasteiger partial charge in [0.2, 0.25) is 0 Å². The first-order valence-corrected chi connectivity index (χ1v) is 7.32. The van der Waals surface area contributed by atoms with Crippen molar-refractivity contribution in [3.8, 4) is 5.75 Å². The minimum atomic E-state index is -0.674. The summed E-state index contributed by atoms with van der Waals surface area (Å²) in [7, 11) is 1.62. The predicted molar refractivity (Wildman–Crippen MR) is 77.5 cm³/mol. The third-order valence-corrected chi connectivity index (χ3v) is 4.86. The van der Waals surface area contributed by atoms with E-state index in [9.17, 15) is 9.90 Å². The molecule has 1 aliphatic carbocycles. The first kappa shape index (κ1) is 14.4. The highest BCUT2D eigenvalue weighted by molar-refractivity contribution is 9.10. The molecule has 0 amide bonds. The number of rotatable bonds is 4. The van der Waals surface area contributed by atoms with Crippen LogP contribution in [0.2, 0.25) is 0 Å². The summed E-state index contributed by atoms with van der Waals surface area (Å²) >= 11 is 3.51. The number of methoxy groups -OCH3 is 1. The van der Waals surface area contributed by atoms with E-state index >= 15 is 0 Å². The second kappa shape index (κ2) is 5.53. The van der Waals surface area contributed by atoms with Crippen LogP contribution in [0.25, 0.3) is 0 Å². The van der Waals surface area contributed by atoms with E-state index in [0.717, 1.165) is 35.0 Å². The number of hydrogen-bond donors (Lipinski definition) is 1. The standard InChI is InChI=1S/C15H19BrO3/c1-10-5-6-15(8-10,14(17)18)9-11-7-12(19-2)3-4-13(11)16/h3-4,7,10H,5-6,8-9H2,1-2H3,(H,17,18). The average molecular weight is 327 g/mol. The number of carboxylic acids is 1. The number of halogens is 1. The van der Waals surface area contributed by atoms with Crippen LogP contribution in [0.15, 0.2) is 22.7 Å². The molecule has 4 heteroatoms. The van der Waals surface area contributed by atoms with E-state index in [-0.39, 0.29) is 0 Å². The van der Waals surface area contributed by atoms with Gasteiger partial charge in [-0.15, -0.1) is 0 Å². The smallest absolute Gasteiger partial charge is 0.309 e. The van der Waals surface area contributed by atoms with Crippen molar-refractivity contribution in [3.05, 3.63) is 28.2 Å². The third-order valence-electron chi connectivity index (χ3n) is 4.09. The fraction of sp³-hybridized carbons (Fsp3) is 0.533. The van der Waals surface area contributed by atoms with Crippen LogP contribution in [0.3, 0.4) is 0 Å². The molecule has 2 rings (SSSR count). The molecule has 0 heterocycles. The van der Waals surface area contributed by atoms with Crippen molar-refractivity contribution < 1.29 is 14.6 Å². The second-order valence-corrected chi connectivity index (χ2v) is 6.42. The molecule has 0 bridgehead atoms. The Kier molecular flexibility index (Phi) is 4.19. The Labute approximate surface area is 122 Å². The van der Waals surface area contributed by atoms with E-state index in [0.29, 0.717) is 12.3 Å². The van der Waals surface area contributed by atoms with Gasteiger partial charge in [-0.05, 0) is 55.4 Å². The first-order valence-electron chi connectivity index (χ1n) is 6.53. The summed E-state index contributed by atoms with van der Waals surface area (Å²) in [5.41, 5.74) is 0.393. The molecule has 0 spiro atoms. The summed E-state index contributed by atoms with van der Waals surface area (Å²) in [4.78, 5) is 11.7. The summed E-state index contributed by atoms with van der Waals surface area (Å²) in [5.74, 6) is 0.580. The molecule has 104 valence electrons. The number of hydrogen-bond acceptors (Lipinski definition) is 2. The van der Waals surface area contributed by atoms with Crippen LogP contribution in [0.5, 0.6) is 5.75 Å². The highest BCUT2D eigenvalue weighted by atomic mass is 79.9. The molecule has 1 saturated carbocycles. The zero-order chi connectivity index (χ0) is 14.0. The molecule has 0 saturated heterocycles. The highest BCUT2D eigenvalue weighted by Crippen LogP contribution is 2.45. The topological polar surface area (TPSA) is 46.5 Å². The fourth-order valence-corrected chi connectivity index (χ4v) is 3.39. The van der Waals surface area contributed by atoms with E-state index in [4.69, 9.17) is 4.74 Å². The van der Waals surface area contributed by atoms with Crippen molar-refractivity contribution >= 4 is 21.9 Å². The molecule has 1 aliphatic rings. The minimum Gasteiger partial charge on any atom is -0.497 e. The van der Waals surface area contributed by atoms with Crippen LogP contribution in [0.1, 0.15) is 31.7 Å². The molecular formula is C15H19BrO3. The molecule has 2 atom stereocenters. The van der Waals surface area contributed by atoms with Gasteiger partial charge in [-0.2, -0.15) is 0 Å². The Hall–Kier alpha value is -1.03. The van der Waals surface area contributed by atoms with Gasteiger partial charge < -0.3 is 9.84 Å². The Balaban J connectivity index is 2.30. The van der Waals surface area contributed by atoms with Crippen LogP contribution in [0, 0.1) is 11.3 Å². The quantitative estimate of drug-likeness (QED) is 0.912. The molecule has 1 N–H and O–H groups in total. The van der Waals surface area contributed by atoms with Gasteiger partial charge >= 0.3 is 5.97 Å². The molecule has 1 aromatic rings. The van der Waals surface area contributed by atoms with Crippen LogP contribution in [-0.2, 0) is 11.2 Å². The van der Waals surface area contributed by atoms with Crippen molar-refractivity contribution in [3.63, 3.8) is 0 Å². The Bertz CT molecular complexity index is 486. The lowest BCUT2D eigenvalue weighted by molar-refractivity contribution is -0.148. The highest BCUT2D eigenvalue weighted by Gasteiger charge is 2.44. The molecule has 19 heavy (non-hydrogen) atoms. The van der Waals surface area contributed by atoms with Gasteiger partial charge in [0.1, 0.15) is 5.75 Å². The zero-order valence-corrected chi connectivity index (χ0v) is 12.9. The Morgan fingerprint density at radius 3 is 2.84 bits per heavy atom. The van der Waals surface area contributed by atoms with E-state index in [1.165, 1.54) is 0 Å². The molecule has 1 fully saturated rings. The van der Waals surface area contributed by atoms with E-state index in [1.807, 2.05) is 18.2 Å². The zero-order valence-electron chi connectivity index (χ0n) is 11.3. The van der Waals surface area contributed by atoms with Crippen molar-refractivity contribution in [2.24, 2.45) is 11.3 Å². The lowest BCUT2D eigenvalue weighted by Gasteiger charge is -2.25. The number of aliphatic carboxylic acids is 1. The van der Waals surface area contributed by atoms with E-state index in [1.54, 1.807) is 7.11 Å². The Morgan fingerprint density at radius 2 is 2.32 bits per heavy atom. The van der Waals surface area contributed by atoms with Crippen LogP contribution >= 0.6 is 15.9 Å². The maximum atomic E-state index is 11.7. The maximum absolute atomic E-state index is 11.7. The predicted octanol–water partition coefficient (Wildman–Crippen LogP) is 3.89. The van der Waals surface area contributed by atoms with Crippen molar-refractivity contribution in [2.75, 3.05) is 7.11 Å². The summed E-state index contributed by atoms with van der Waals surface area (Å²) in [6.07, 6.45) is 3.07. The first-order chi connectivity index (χ1) is 8.97. The Morgan fingerprint density at radius 1 is 1.58 bits per heavy atom. The summed E-state index contributed by atoms with van der Waals surface area (Å²) in [6.45, 7) is 2.13. The van der Waals surface area contributed by atoms with Gasteiger partial charge in [0.25, 0.3) is 0 Å². The molecule has 3 nitrogen and oxygen atoms in total. The summed E-state index contributed by atoms with van der Waals surface area (Å²) in [6, 6.07) is 5.72. The van der Waals surface area contributed by atoms with Crippen LogP contribution < -0.4 is 4.74 Å². The van der Waals surface area contributed by atoms with Gasteiger partial charge in [0.15, 0.2) is 0 Å². The van der Waals surface area contributed by atoms with Gasteiger partial charge in [-0.25, -0.2) is 0 Å². The second-order valence-electron chi connectivity index (χ2n) is 5.57. The largest absolute Gasteiger partial charge is 0.497 e. The lowest BCUT2D eigenvalue weighted by atomic mass is 9.79. The number of ether oxygens (including phenoxy) is 1. The van der Waals surface area contributed by atoms with Crippen molar-refractivity contribution in [1.82, 2.24) is 0 Å². The maximum Gasteiger partial charge on any atom is 0.309 e. The van der Waals surface area contributed by atoms with Crippen molar-refractivity contribution in [2.45, 2.75) is 32.6 Å². The van der Waals surface area contributed by atoms with Gasteiger partial charge in [0, 0.05) is 4.47 Å². The molecule has 0 radical (unpaired) electrons. The summed E-state index contributed by atoms with van der Waals surface area (Å²) < 4.78 is 6.17. The number of carbonyl (C=O) groups is 1. The van der Waals surface area contributed by atoms with E-state index in [2.05, 4.69) is 22.9 Å². The van der Waals surface area contributed by atoms with Crippen LogP contribution in [0.4, 0.5) is 0 Å². The number of carboxylic acid groups (broad SMARTS) is 1. The molecule has 0 aliphatic heterocycles. The molecule has 2 unspecified atom stereocenters. The minimum absolute atomic E-state index is 0.487. The molecular weight excluding hydrogens is 308 g/mol. The van der Waals surface area contributed by atoms with E-state index < -0.39 is 11.4 Å². The SMILES string of the molecule is COc1ccc(Br)c(CC2(C(=O)O)CCC(C)C2)c1. The lowest BCUT2D eigenvalue weighted by Crippen LogP contribution is -2.30. The average Bonchev–Trinajstić information content (AvgIpc) is 2.75. The summed E-state index contributed by atoms with van der Waals surface area (Å²) in [5, 5.41) is 9.61. The van der Waals surface area contributed by atoms with Gasteiger partial charge in [-0.1, -0.05) is 22.9 Å².